The lowest BCUT2D eigenvalue weighted by Gasteiger charge is -2.48. The van der Waals surface area contributed by atoms with Crippen molar-refractivity contribution in [2.24, 2.45) is 0 Å². The van der Waals surface area contributed by atoms with Gasteiger partial charge in [0.15, 0.2) is 18.9 Å². The number of allylic oxidation sites excluding steroid dienone is 1. The summed E-state index contributed by atoms with van der Waals surface area (Å²) in [4.78, 5) is 13.2. The third-order valence-electron chi connectivity index (χ3n) is 14.3. The largest absolute Gasteiger partial charge is 0.394 e. The quantitative estimate of drug-likeness (QED) is 0.0309. The van der Waals surface area contributed by atoms with Crippen LogP contribution >= 0.6 is 0 Å². The minimum Gasteiger partial charge on any atom is -0.394 e. The van der Waals surface area contributed by atoms with Crippen molar-refractivity contribution in [3.63, 3.8) is 0 Å². The second kappa shape index (κ2) is 38.1. The molecular formula is C53H99NO18. The fraction of sp³-hybridized carbons (Fsp3) is 0.943. The molecule has 3 fully saturated rings. The van der Waals surface area contributed by atoms with E-state index in [2.05, 4.69) is 19.2 Å². The van der Waals surface area contributed by atoms with Gasteiger partial charge in [-0.2, -0.15) is 0 Å². The van der Waals surface area contributed by atoms with Gasteiger partial charge in [0.05, 0.1) is 38.6 Å². The first-order chi connectivity index (χ1) is 34.8. The highest BCUT2D eigenvalue weighted by Gasteiger charge is 2.53. The maximum Gasteiger partial charge on any atom is 0.220 e. The first-order valence-electron chi connectivity index (χ1n) is 27.9. The smallest absolute Gasteiger partial charge is 0.220 e. The van der Waals surface area contributed by atoms with Crippen molar-refractivity contribution in [3.8, 4) is 0 Å². The van der Waals surface area contributed by atoms with Gasteiger partial charge in [-0.3, -0.25) is 4.79 Å². The van der Waals surface area contributed by atoms with Crippen molar-refractivity contribution in [1.29, 1.82) is 0 Å². The zero-order chi connectivity index (χ0) is 52.7. The Morgan fingerprint density at radius 1 is 0.486 bits per heavy atom. The Bertz CT molecular complexity index is 1380. The first-order valence-corrected chi connectivity index (χ1v) is 27.9. The SMILES string of the molecule is CCCCCCCCC/C=C/C(O)C(COC1OC(CO)C(OC2OC(CO)C(OC3OC(CO)C(O)C(O)C3O)C(O)C2O)C(O)C1O)NC(=O)CCCCCCCCCCCCCCCCCCCC. The molecule has 0 saturated carbocycles. The Kier molecular flexibility index (Phi) is 34.3. The molecular weight excluding hydrogens is 939 g/mol. The summed E-state index contributed by atoms with van der Waals surface area (Å²) < 4.78 is 34.1. The molecule has 72 heavy (non-hydrogen) atoms. The molecule has 0 radical (unpaired) electrons. The Balaban J connectivity index is 1.50. The number of hydrogen-bond acceptors (Lipinski definition) is 18. The van der Waals surface area contributed by atoms with Crippen LogP contribution in [0.1, 0.15) is 187 Å². The number of aliphatic hydroxyl groups excluding tert-OH is 11. The van der Waals surface area contributed by atoms with Gasteiger partial charge in [0.25, 0.3) is 0 Å². The number of ether oxygens (including phenoxy) is 6. The summed E-state index contributed by atoms with van der Waals surface area (Å²) in [6, 6.07) is -0.964. The van der Waals surface area contributed by atoms with Crippen LogP contribution in [0.3, 0.4) is 0 Å². The number of carbonyl (C=O) groups excluding carboxylic acids is 1. The second-order valence-corrected chi connectivity index (χ2v) is 20.4. The molecule has 1 amide bonds. The summed E-state index contributed by atoms with van der Waals surface area (Å²) in [6.07, 6.45) is 7.94. The molecule has 17 atom stereocenters. The monoisotopic (exact) mass is 1040 g/mol. The molecule has 0 aromatic carbocycles. The summed E-state index contributed by atoms with van der Waals surface area (Å²) in [5.41, 5.74) is 0. The van der Waals surface area contributed by atoms with E-state index < -0.39 is 124 Å². The van der Waals surface area contributed by atoms with Gasteiger partial charge < -0.3 is 89.9 Å². The molecule has 0 spiro atoms. The number of nitrogens with one attached hydrogen (secondary N) is 1. The van der Waals surface area contributed by atoms with Crippen LogP contribution in [0.5, 0.6) is 0 Å². The Hall–Kier alpha value is -1.47. The lowest BCUT2D eigenvalue weighted by atomic mass is 9.96. The highest BCUT2D eigenvalue weighted by Crippen LogP contribution is 2.33. The summed E-state index contributed by atoms with van der Waals surface area (Å²) in [5, 5.41) is 120. The molecule has 19 heteroatoms. The standard InChI is InChI=1S/C53H99NO18/c1-3-5-7-9-11-13-14-15-16-17-18-19-20-21-23-25-27-29-31-41(59)54-36(37(58)30-28-26-24-22-12-10-8-6-4-2)35-67-51-47(65)44(62)49(39(33-56)69-51)72-53-48(66)45(63)50(40(34-57)70-53)71-52-46(64)43(61)42(60)38(32-55)68-52/h28,30,36-40,42-53,55-58,60-66H,3-27,29,31-35H2,1-2H3,(H,54,59)/b30-28+. The zero-order valence-electron chi connectivity index (χ0n) is 43.7. The fourth-order valence-electron chi connectivity index (χ4n) is 9.66. The average Bonchev–Trinajstić information content (AvgIpc) is 3.37. The van der Waals surface area contributed by atoms with Crippen molar-refractivity contribution >= 4 is 5.91 Å². The number of aliphatic hydroxyl groups is 11. The van der Waals surface area contributed by atoms with E-state index in [1.54, 1.807) is 6.08 Å². The number of hydrogen-bond donors (Lipinski definition) is 12. The fourth-order valence-corrected chi connectivity index (χ4v) is 9.66. The van der Waals surface area contributed by atoms with Crippen LogP contribution in [0.15, 0.2) is 12.2 Å². The second-order valence-electron chi connectivity index (χ2n) is 20.4. The van der Waals surface area contributed by atoms with E-state index in [9.17, 15) is 61.0 Å². The number of unbranched alkanes of at least 4 members (excludes halogenated alkanes) is 24. The van der Waals surface area contributed by atoms with E-state index in [0.717, 1.165) is 44.9 Å². The van der Waals surface area contributed by atoms with Crippen LogP contribution in [0.25, 0.3) is 0 Å². The maximum atomic E-state index is 13.2. The first kappa shape index (κ1) is 64.8. The third kappa shape index (κ3) is 23.0. The molecule has 3 aliphatic heterocycles. The molecule has 424 valence electrons. The third-order valence-corrected chi connectivity index (χ3v) is 14.3. The molecule has 3 rings (SSSR count). The highest BCUT2D eigenvalue weighted by molar-refractivity contribution is 5.76. The molecule has 0 aliphatic carbocycles. The van der Waals surface area contributed by atoms with Crippen molar-refractivity contribution in [1.82, 2.24) is 5.32 Å². The van der Waals surface area contributed by atoms with Gasteiger partial charge in [-0.25, -0.2) is 0 Å². The number of rotatable bonds is 40. The lowest BCUT2D eigenvalue weighted by molar-refractivity contribution is -0.379. The molecule has 3 saturated heterocycles. The molecule has 0 bridgehead atoms. The van der Waals surface area contributed by atoms with E-state index in [1.807, 2.05) is 6.08 Å². The number of carbonyl (C=O) groups is 1. The van der Waals surface area contributed by atoms with E-state index in [-0.39, 0.29) is 18.9 Å². The Morgan fingerprint density at radius 3 is 1.31 bits per heavy atom. The summed E-state index contributed by atoms with van der Waals surface area (Å²) >= 11 is 0. The molecule has 17 unspecified atom stereocenters. The van der Waals surface area contributed by atoms with Gasteiger partial charge >= 0.3 is 0 Å². The van der Waals surface area contributed by atoms with Crippen molar-refractivity contribution < 1.29 is 89.4 Å². The van der Waals surface area contributed by atoms with E-state index in [4.69, 9.17) is 28.4 Å². The number of amides is 1. The van der Waals surface area contributed by atoms with Gasteiger partial charge in [-0.15, -0.1) is 0 Å². The van der Waals surface area contributed by atoms with Crippen LogP contribution in [-0.2, 0) is 33.2 Å². The van der Waals surface area contributed by atoms with Crippen molar-refractivity contribution in [2.75, 3.05) is 26.4 Å². The zero-order valence-corrected chi connectivity index (χ0v) is 43.7. The summed E-state index contributed by atoms with van der Waals surface area (Å²) in [7, 11) is 0. The van der Waals surface area contributed by atoms with Gasteiger partial charge in [0.1, 0.15) is 73.2 Å². The van der Waals surface area contributed by atoms with E-state index in [0.29, 0.717) is 6.42 Å². The van der Waals surface area contributed by atoms with Crippen LogP contribution < -0.4 is 5.32 Å². The van der Waals surface area contributed by atoms with Gasteiger partial charge in [-0.05, 0) is 19.3 Å². The highest BCUT2D eigenvalue weighted by atomic mass is 16.8. The van der Waals surface area contributed by atoms with Crippen LogP contribution in [-0.4, -0.2) is 193 Å². The Labute approximate surface area is 429 Å². The van der Waals surface area contributed by atoms with E-state index in [1.165, 1.54) is 116 Å². The molecule has 0 aromatic rings. The predicted molar refractivity (Wildman–Crippen MR) is 268 cm³/mol. The van der Waals surface area contributed by atoms with Gasteiger partial charge in [0, 0.05) is 6.42 Å². The topological polar surface area (TPSA) is 307 Å². The van der Waals surface area contributed by atoms with Crippen LogP contribution in [0.2, 0.25) is 0 Å². The summed E-state index contributed by atoms with van der Waals surface area (Å²) in [6.45, 7) is 1.68. The predicted octanol–water partition coefficient (Wildman–Crippen LogP) is 3.43. The maximum absolute atomic E-state index is 13.2. The van der Waals surface area contributed by atoms with Crippen molar-refractivity contribution in [2.45, 2.75) is 291 Å². The lowest BCUT2D eigenvalue weighted by Crippen LogP contribution is -2.66. The molecule has 19 nitrogen and oxygen atoms in total. The Morgan fingerprint density at radius 2 is 0.861 bits per heavy atom. The van der Waals surface area contributed by atoms with Gasteiger partial charge in [-0.1, -0.05) is 174 Å². The molecule has 3 aliphatic rings. The summed E-state index contributed by atoms with van der Waals surface area (Å²) in [5.74, 6) is -0.276. The molecule has 0 aromatic heterocycles. The van der Waals surface area contributed by atoms with E-state index >= 15 is 0 Å². The molecule has 3 heterocycles. The van der Waals surface area contributed by atoms with Crippen molar-refractivity contribution in [3.05, 3.63) is 12.2 Å². The van der Waals surface area contributed by atoms with Crippen LogP contribution in [0.4, 0.5) is 0 Å². The van der Waals surface area contributed by atoms with Crippen LogP contribution in [0, 0.1) is 0 Å². The minimum absolute atomic E-state index is 0.248. The average molecular weight is 1040 g/mol. The minimum atomic E-state index is -1.97. The molecule has 12 N–H and O–H groups in total. The van der Waals surface area contributed by atoms with Gasteiger partial charge in [0.2, 0.25) is 5.91 Å². The normalized spacial score (nSPS) is 32.0.